The van der Waals surface area contributed by atoms with Crippen molar-refractivity contribution < 1.29 is 18.7 Å². The van der Waals surface area contributed by atoms with Crippen molar-refractivity contribution in [3.8, 4) is 0 Å². The van der Waals surface area contributed by atoms with Gasteiger partial charge < -0.3 is 14.4 Å². The molecule has 4 nitrogen and oxygen atoms in total. The summed E-state index contributed by atoms with van der Waals surface area (Å²) < 4.78 is 25.2. The standard InChI is InChI=1S/C21H28FNO3/c22-18-7-5-16(6-8-18)11-20(24)23-14-21(15-23)12-19(9-10-26-21)25-13-17-3-1-2-4-17/h5-8,17,19H,1-4,9-15H2/t19-/m0/s1. The molecule has 26 heavy (non-hydrogen) atoms. The number of rotatable bonds is 5. The Bertz CT molecular complexity index is 621. The summed E-state index contributed by atoms with van der Waals surface area (Å²) >= 11 is 0. The number of carbonyl (C=O) groups is 1. The van der Waals surface area contributed by atoms with Crippen LogP contribution in [0.1, 0.15) is 44.1 Å². The van der Waals surface area contributed by atoms with Crippen molar-refractivity contribution in [3.63, 3.8) is 0 Å². The smallest absolute Gasteiger partial charge is 0.227 e. The first kappa shape index (κ1) is 17.9. The number of likely N-dealkylation sites (tertiary alicyclic amines) is 1. The Morgan fingerprint density at radius 1 is 1.19 bits per heavy atom. The maximum Gasteiger partial charge on any atom is 0.227 e. The number of hydrogen-bond donors (Lipinski definition) is 0. The average Bonchev–Trinajstić information content (AvgIpc) is 3.13. The molecule has 2 aliphatic heterocycles. The molecule has 0 unspecified atom stereocenters. The van der Waals surface area contributed by atoms with Gasteiger partial charge in [0, 0.05) is 19.6 Å². The van der Waals surface area contributed by atoms with E-state index in [0.29, 0.717) is 19.5 Å². The lowest BCUT2D eigenvalue weighted by molar-refractivity contribution is -0.202. The van der Waals surface area contributed by atoms with Crippen molar-refractivity contribution in [2.45, 2.75) is 56.7 Å². The largest absolute Gasteiger partial charge is 0.378 e. The first-order valence-corrected chi connectivity index (χ1v) is 9.90. The molecule has 2 heterocycles. The predicted molar refractivity (Wildman–Crippen MR) is 96.3 cm³/mol. The molecule has 3 aliphatic rings. The van der Waals surface area contributed by atoms with Gasteiger partial charge in [-0.1, -0.05) is 25.0 Å². The van der Waals surface area contributed by atoms with Crippen molar-refractivity contribution in [1.82, 2.24) is 4.90 Å². The fourth-order valence-corrected chi connectivity index (χ4v) is 4.51. The SMILES string of the molecule is O=C(Cc1ccc(F)cc1)N1CC2(C[C@@H](OCC3CCCC3)CCO2)C1. The molecule has 142 valence electrons. The van der Waals surface area contributed by atoms with Gasteiger partial charge in [0.2, 0.25) is 5.91 Å². The maximum atomic E-state index is 13.0. The summed E-state index contributed by atoms with van der Waals surface area (Å²) in [4.78, 5) is 14.3. The highest BCUT2D eigenvalue weighted by molar-refractivity contribution is 5.80. The highest BCUT2D eigenvalue weighted by Gasteiger charge is 2.49. The van der Waals surface area contributed by atoms with Crippen LogP contribution >= 0.6 is 0 Å². The number of carbonyl (C=O) groups excluding carboxylic acids is 1. The van der Waals surface area contributed by atoms with Gasteiger partial charge in [-0.25, -0.2) is 4.39 Å². The molecule has 5 heteroatoms. The van der Waals surface area contributed by atoms with Crippen LogP contribution < -0.4 is 0 Å². The lowest BCUT2D eigenvalue weighted by atomic mass is 9.84. The summed E-state index contributed by atoms with van der Waals surface area (Å²) in [5.74, 6) is 0.548. The lowest BCUT2D eigenvalue weighted by Crippen LogP contribution is -2.67. The van der Waals surface area contributed by atoms with Crippen molar-refractivity contribution >= 4 is 5.91 Å². The van der Waals surface area contributed by atoms with Gasteiger partial charge in [0.1, 0.15) is 11.4 Å². The highest BCUT2D eigenvalue weighted by atomic mass is 19.1. The van der Waals surface area contributed by atoms with E-state index in [-0.39, 0.29) is 23.4 Å². The Morgan fingerprint density at radius 2 is 1.92 bits per heavy atom. The molecule has 0 bridgehead atoms. The van der Waals surface area contributed by atoms with Gasteiger partial charge in [-0.2, -0.15) is 0 Å². The predicted octanol–water partition coefficient (Wildman–Crippen LogP) is 3.34. The summed E-state index contributed by atoms with van der Waals surface area (Å²) in [5.41, 5.74) is 0.636. The summed E-state index contributed by atoms with van der Waals surface area (Å²) in [5, 5.41) is 0. The van der Waals surface area contributed by atoms with Crippen molar-refractivity contribution in [2.75, 3.05) is 26.3 Å². The molecule has 0 aromatic heterocycles. The zero-order valence-corrected chi connectivity index (χ0v) is 15.3. The summed E-state index contributed by atoms with van der Waals surface area (Å²) in [7, 11) is 0. The third-order valence-electron chi connectivity index (χ3n) is 6.07. The van der Waals surface area contributed by atoms with Crippen molar-refractivity contribution in [1.29, 1.82) is 0 Å². The van der Waals surface area contributed by atoms with Gasteiger partial charge in [0.05, 0.1) is 25.6 Å². The minimum atomic E-state index is -0.275. The molecule has 1 spiro atoms. The molecule has 1 saturated carbocycles. The van der Waals surface area contributed by atoms with Crippen LogP contribution in [-0.2, 0) is 20.7 Å². The molecule has 0 N–H and O–H groups in total. The minimum absolute atomic E-state index is 0.0832. The summed E-state index contributed by atoms with van der Waals surface area (Å²) in [6.45, 7) is 2.90. The number of ether oxygens (including phenoxy) is 2. The van der Waals surface area contributed by atoms with E-state index in [1.54, 1.807) is 12.1 Å². The molecule has 1 aromatic carbocycles. The molecule has 1 amide bonds. The molecular formula is C21H28FNO3. The number of hydrogen-bond acceptors (Lipinski definition) is 3. The van der Waals surface area contributed by atoms with Gasteiger partial charge in [-0.05, 0) is 42.9 Å². The van der Waals surface area contributed by atoms with E-state index in [9.17, 15) is 9.18 Å². The van der Waals surface area contributed by atoms with Crippen LogP contribution in [0.5, 0.6) is 0 Å². The highest BCUT2D eigenvalue weighted by Crippen LogP contribution is 2.36. The molecular weight excluding hydrogens is 333 g/mol. The number of nitrogens with zero attached hydrogens (tertiary/aromatic N) is 1. The van der Waals surface area contributed by atoms with Crippen molar-refractivity contribution in [2.24, 2.45) is 5.92 Å². The minimum Gasteiger partial charge on any atom is -0.378 e. The molecule has 1 aliphatic carbocycles. The lowest BCUT2D eigenvalue weighted by Gasteiger charge is -2.53. The second kappa shape index (κ2) is 7.65. The fourth-order valence-electron chi connectivity index (χ4n) is 4.51. The van der Waals surface area contributed by atoms with Crippen LogP contribution in [0.3, 0.4) is 0 Å². The maximum absolute atomic E-state index is 13.0. The van der Waals surface area contributed by atoms with E-state index in [0.717, 1.165) is 37.5 Å². The number of amides is 1. The van der Waals surface area contributed by atoms with Gasteiger partial charge in [0.25, 0.3) is 0 Å². The van der Waals surface area contributed by atoms with E-state index in [1.165, 1.54) is 37.8 Å². The zero-order chi connectivity index (χ0) is 18.0. The third-order valence-corrected chi connectivity index (χ3v) is 6.07. The second-order valence-corrected chi connectivity index (χ2v) is 8.18. The van der Waals surface area contributed by atoms with E-state index in [1.807, 2.05) is 4.90 Å². The van der Waals surface area contributed by atoms with E-state index < -0.39 is 0 Å². The Balaban J connectivity index is 1.24. The van der Waals surface area contributed by atoms with Crippen LogP contribution in [0, 0.1) is 11.7 Å². The molecule has 0 radical (unpaired) electrons. The quantitative estimate of drug-likeness (QED) is 0.807. The van der Waals surface area contributed by atoms with E-state index in [4.69, 9.17) is 9.47 Å². The third kappa shape index (κ3) is 4.09. The van der Waals surface area contributed by atoms with Crippen LogP contribution in [0.25, 0.3) is 0 Å². The zero-order valence-electron chi connectivity index (χ0n) is 15.3. The Morgan fingerprint density at radius 3 is 2.65 bits per heavy atom. The topological polar surface area (TPSA) is 38.8 Å². The normalized spacial score (nSPS) is 25.4. The van der Waals surface area contributed by atoms with Gasteiger partial charge >= 0.3 is 0 Å². The fraction of sp³-hybridized carbons (Fsp3) is 0.667. The summed E-state index contributed by atoms with van der Waals surface area (Å²) in [6.07, 6.45) is 7.72. The number of benzene rings is 1. The van der Waals surface area contributed by atoms with Gasteiger partial charge in [0.15, 0.2) is 0 Å². The molecule has 3 fully saturated rings. The second-order valence-electron chi connectivity index (χ2n) is 8.18. The Hall–Kier alpha value is -1.46. The molecule has 1 aromatic rings. The monoisotopic (exact) mass is 361 g/mol. The molecule has 4 rings (SSSR count). The average molecular weight is 361 g/mol. The van der Waals surface area contributed by atoms with Gasteiger partial charge in [-0.15, -0.1) is 0 Å². The Kier molecular flexibility index (Phi) is 5.28. The van der Waals surface area contributed by atoms with E-state index >= 15 is 0 Å². The first-order chi connectivity index (χ1) is 12.6. The Labute approximate surface area is 154 Å². The first-order valence-electron chi connectivity index (χ1n) is 9.90. The van der Waals surface area contributed by atoms with E-state index in [2.05, 4.69) is 0 Å². The number of halogens is 1. The molecule has 1 atom stereocenters. The van der Waals surface area contributed by atoms with Crippen molar-refractivity contribution in [3.05, 3.63) is 35.6 Å². The van der Waals surface area contributed by atoms with Crippen LogP contribution in [0.2, 0.25) is 0 Å². The van der Waals surface area contributed by atoms with Gasteiger partial charge in [-0.3, -0.25) is 4.79 Å². The molecule has 2 saturated heterocycles. The van der Waals surface area contributed by atoms with Crippen LogP contribution in [-0.4, -0.2) is 48.8 Å². The summed E-state index contributed by atoms with van der Waals surface area (Å²) in [6, 6.07) is 6.15. The van der Waals surface area contributed by atoms with Crippen LogP contribution in [0.15, 0.2) is 24.3 Å². The van der Waals surface area contributed by atoms with Crippen LogP contribution in [0.4, 0.5) is 4.39 Å².